The summed E-state index contributed by atoms with van der Waals surface area (Å²) < 4.78 is 0. The molecule has 1 aromatic rings. The molecule has 1 heterocycles. The van der Waals surface area contributed by atoms with E-state index in [0.29, 0.717) is 0 Å². The number of carbonyl (C=O) groups excluding carboxylic acids is 2. The van der Waals surface area contributed by atoms with Crippen LogP contribution in [0.3, 0.4) is 0 Å². The fraction of sp³-hybridized carbons (Fsp3) is 0.529. The van der Waals surface area contributed by atoms with Gasteiger partial charge in [0.2, 0.25) is 11.8 Å². The predicted octanol–water partition coefficient (Wildman–Crippen LogP) is 1.92. The minimum atomic E-state index is -0.777. The van der Waals surface area contributed by atoms with Crippen molar-refractivity contribution in [3.63, 3.8) is 0 Å². The molecule has 0 aromatic heterocycles. The number of carbonyl (C=O) groups is 2. The molecule has 0 bridgehead atoms. The Kier molecular flexibility index (Phi) is 5.06. The molecule has 0 radical (unpaired) electrons. The quantitative estimate of drug-likeness (QED) is 0.873. The van der Waals surface area contributed by atoms with Crippen LogP contribution in [-0.4, -0.2) is 41.9 Å². The van der Waals surface area contributed by atoms with Crippen LogP contribution in [0.1, 0.15) is 32.3 Å². The number of benzene rings is 1. The highest BCUT2D eigenvalue weighted by atomic mass is 16.2. The molecule has 2 amide bonds. The molecule has 1 saturated heterocycles. The maximum absolute atomic E-state index is 12.3. The maximum atomic E-state index is 12.3. The van der Waals surface area contributed by atoms with Gasteiger partial charge in [-0.1, -0.05) is 17.7 Å². The van der Waals surface area contributed by atoms with E-state index in [2.05, 4.69) is 10.6 Å². The Balaban J connectivity index is 1.86. The number of nitrogens with one attached hydrogen (secondary N) is 2. The Labute approximate surface area is 132 Å². The minimum Gasteiger partial charge on any atom is -0.372 e. The van der Waals surface area contributed by atoms with Crippen molar-refractivity contribution in [3.05, 3.63) is 29.8 Å². The second kappa shape index (κ2) is 6.81. The van der Waals surface area contributed by atoms with E-state index in [1.807, 2.05) is 45.0 Å². The average molecular weight is 303 g/mol. The largest absolute Gasteiger partial charge is 0.372 e. The van der Waals surface area contributed by atoms with Crippen LogP contribution in [0, 0.1) is 6.92 Å². The van der Waals surface area contributed by atoms with Gasteiger partial charge in [0.05, 0.1) is 6.54 Å². The molecule has 22 heavy (non-hydrogen) atoms. The number of amides is 2. The number of hydrogen-bond donors (Lipinski definition) is 2. The summed E-state index contributed by atoms with van der Waals surface area (Å²) in [5.41, 5.74) is 1.28. The van der Waals surface area contributed by atoms with Crippen LogP contribution in [-0.2, 0) is 9.59 Å². The summed E-state index contributed by atoms with van der Waals surface area (Å²) in [6, 6.07) is 7.87. The number of hydrogen-bond acceptors (Lipinski definition) is 3. The first kappa shape index (κ1) is 16.3. The third kappa shape index (κ3) is 4.23. The Morgan fingerprint density at radius 3 is 2.32 bits per heavy atom. The van der Waals surface area contributed by atoms with E-state index in [0.717, 1.165) is 31.6 Å². The summed E-state index contributed by atoms with van der Waals surface area (Å²) in [7, 11) is 0. The standard InChI is InChI=1S/C17H25N3O2/c1-13-6-8-14(9-7-13)19-17(2,3)16(22)18-12-15(21)20-10-4-5-11-20/h6-9,19H,4-5,10-12H2,1-3H3,(H,18,22). The fourth-order valence-corrected chi connectivity index (χ4v) is 2.51. The van der Waals surface area contributed by atoms with Crippen molar-refractivity contribution < 1.29 is 9.59 Å². The van der Waals surface area contributed by atoms with Crippen LogP contribution < -0.4 is 10.6 Å². The number of likely N-dealkylation sites (tertiary alicyclic amines) is 1. The Morgan fingerprint density at radius 2 is 1.73 bits per heavy atom. The lowest BCUT2D eigenvalue weighted by Crippen LogP contribution is -2.50. The van der Waals surface area contributed by atoms with Gasteiger partial charge in [-0.15, -0.1) is 0 Å². The summed E-state index contributed by atoms with van der Waals surface area (Å²) in [4.78, 5) is 26.1. The van der Waals surface area contributed by atoms with Gasteiger partial charge < -0.3 is 15.5 Å². The zero-order valence-electron chi connectivity index (χ0n) is 13.6. The first-order valence-electron chi connectivity index (χ1n) is 7.79. The predicted molar refractivity (Wildman–Crippen MR) is 87.7 cm³/mol. The Morgan fingerprint density at radius 1 is 1.14 bits per heavy atom. The smallest absolute Gasteiger partial charge is 0.245 e. The normalized spacial score (nSPS) is 14.8. The van der Waals surface area contributed by atoms with Gasteiger partial charge in [0, 0.05) is 18.8 Å². The fourth-order valence-electron chi connectivity index (χ4n) is 2.51. The van der Waals surface area contributed by atoms with Crippen LogP contribution in [0.5, 0.6) is 0 Å². The van der Waals surface area contributed by atoms with Gasteiger partial charge in [-0.25, -0.2) is 0 Å². The van der Waals surface area contributed by atoms with Crippen molar-refractivity contribution in [1.29, 1.82) is 0 Å². The van der Waals surface area contributed by atoms with Gasteiger partial charge in [-0.2, -0.15) is 0 Å². The molecular formula is C17H25N3O2. The molecule has 1 fully saturated rings. The Bertz CT molecular complexity index is 531. The van der Waals surface area contributed by atoms with Gasteiger partial charge >= 0.3 is 0 Å². The number of anilines is 1. The van der Waals surface area contributed by atoms with Gasteiger partial charge in [0.15, 0.2) is 0 Å². The third-order valence-electron chi connectivity index (χ3n) is 3.93. The van der Waals surface area contributed by atoms with Crippen molar-refractivity contribution in [1.82, 2.24) is 10.2 Å². The Hall–Kier alpha value is -2.04. The van der Waals surface area contributed by atoms with E-state index < -0.39 is 5.54 Å². The van der Waals surface area contributed by atoms with E-state index >= 15 is 0 Å². The average Bonchev–Trinajstić information content (AvgIpc) is 3.01. The molecule has 5 nitrogen and oxygen atoms in total. The molecule has 5 heteroatoms. The molecule has 2 N–H and O–H groups in total. The molecule has 1 aliphatic rings. The highest BCUT2D eigenvalue weighted by Crippen LogP contribution is 2.16. The molecule has 0 aliphatic carbocycles. The molecule has 0 saturated carbocycles. The molecule has 0 atom stereocenters. The van der Waals surface area contributed by atoms with Crippen LogP contribution in [0.25, 0.3) is 0 Å². The van der Waals surface area contributed by atoms with Gasteiger partial charge in [0.1, 0.15) is 5.54 Å². The summed E-state index contributed by atoms with van der Waals surface area (Å²) >= 11 is 0. The number of aryl methyl sites for hydroxylation is 1. The summed E-state index contributed by atoms with van der Waals surface area (Å²) in [6.45, 7) is 7.31. The van der Waals surface area contributed by atoms with Crippen molar-refractivity contribution in [2.75, 3.05) is 25.0 Å². The van der Waals surface area contributed by atoms with Crippen molar-refractivity contribution in [2.24, 2.45) is 0 Å². The second-order valence-corrected chi connectivity index (χ2v) is 6.39. The lowest BCUT2D eigenvalue weighted by Gasteiger charge is -2.27. The summed E-state index contributed by atoms with van der Waals surface area (Å²) in [5.74, 6) is -0.183. The number of rotatable bonds is 5. The van der Waals surface area contributed by atoms with Crippen molar-refractivity contribution >= 4 is 17.5 Å². The zero-order valence-corrected chi connectivity index (χ0v) is 13.6. The summed E-state index contributed by atoms with van der Waals surface area (Å²) in [6.07, 6.45) is 2.11. The topological polar surface area (TPSA) is 61.4 Å². The number of nitrogens with zero attached hydrogens (tertiary/aromatic N) is 1. The molecule has 1 aliphatic heterocycles. The summed E-state index contributed by atoms with van der Waals surface area (Å²) in [5, 5.41) is 5.94. The molecule has 0 spiro atoms. The second-order valence-electron chi connectivity index (χ2n) is 6.39. The van der Waals surface area contributed by atoms with Crippen molar-refractivity contribution in [2.45, 2.75) is 39.2 Å². The first-order valence-corrected chi connectivity index (χ1v) is 7.79. The zero-order chi connectivity index (χ0) is 16.2. The minimum absolute atomic E-state index is 0.00279. The molecular weight excluding hydrogens is 278 g/mol. The van der Waals surface area contributed by atoms with E-state index in [1.54, 1.807) is 4.90 Å². The van der Waals surface area contributed by atoms with E-state index in [9.17, 15) is 9.59 Å². The van der Waals surface area contributed by atoms with E-state index in [1.165, 1.54) is 5.56 Å². The first-order chi connectivity index (χ1) is 10.4. The van der Waals surface area contributed by atoms with Crippen molar-refractivity contribution in [3.8, 4) is 0 Å². The SMILES string of the molecule is Cc1ccc(NC(C)(C)C(=O)NCC(=O)N2CCCC2)cc1. The van der Waals surface area contributed by atoms with Crippen LogP contribution >= 0.6 is 0 Å². The van der Waals surface area contributed by atoms with Crippen LogP contribution in [0.2, 0.25) is 0 Å². The molecule has 120 valence electrons. The van der Waals surface area contributed by atoms with Crippen LogP contribution in [0.4, 0.5) is 5.69 Å². The van der Waals surface area contributed by atoms with Crippen LogP contribution in [0.15, 0.2) is 24.3 Å². The van der Waals surface area contributed by atoms with E-state index in [-0.39, 0.29) is 18.4 Å². The monoisotopic (exact) mass is 303 g/mol. The molecule has 2 rings (SSSR count). The maximum Gasteiger partial charge on any atom is 0.245 e. The highest BCUT2D eigenvalue weighted by molar-refractivity contribution is 5.91. The molecule has 0 unspecified atom stereocenters. The van der Waals surface area contributed by atoms with Gasteiger partial charge in [-0.05, 0) is 45.7 Å². The van der Waals surface area contributed by atoms with Gasteiger partial charge in [0.25, 0.3) is 0 Å². The lowest BCUT2D eigenvalue weighted by atomic mass is 10.0. The van der Waals surface area contributed by atoms with Gasteiger partial charge in [-0.3, -0.25) is 9.59 Å². The molecule has 1 aromatic carbocycles. The third-order valence-corrected chi connectivity index (χ3v) is 3.93. The van der Waals surface area contributed by atoms with E-state index in [4.69, 9.17) is 0 Å². The lowest BCUT2D eigenvalue weighted by molar-refractivity contribution is -0.133. The highest BCUT2D eigenvalue weighted by Gasteiger charge is 2.28.